The van der Waals surface area contributed by atoms with E-state index in [1.54, 1.807) is 6.07 Å². The van der Waals surface area contributed by atoms with Crippen LogP contribution in [-0.4, -0.2) is 25.0 Å². The van der Waals surface area contributed by atoms with Crippen molar-refractivity contribution in [3.05, 3.63) is 33.3 Å². The molecule has 2 rings (SSSR count). The molecule has 0 aromatic heterocycles. The third-order valence-corrected chi connectivity index (χ3v) is 4.17. The highest BCUT2D eigenvalue weighted by Crippen LogP contribution is 2.26. The predicted octanol–water partition coefficient (Wildman–Crippen LogP) is 3.01. The Balaban J connectivity index is 0.00000162. The summed E-state index contributed by atoms with van der Waals surface area (Å²) in [4.78, 5) is 12.0. The molecule has 0 bridgehead atoms. The first-order valence-electron chi connectivity index (χ1n) is 5.64. The third kappa shape index (κ3) is 3.85. The average molecular weight is 354 g/mol. The second-order valence-corrected chi connectivity index (χ2v) is 5.33. The fraction of sp³-hybridized carbons (Fsp3) is 0.417. The summed E-state index contributed by atoms with van der Waals surface area (Å²) in [7, 11) is 0. The number of hydrogen-bond acceptors (Lipinski definition) is 2. The van der Waals surface area contributed by atoms with Crippen LogP contribution in [-0.2, 0) is 0 Å². The number of piperidine rings is 1. The molecule has 0 unspecified atom stereocenters. The lowest BCUT2D eigenvalue weighted by Gasteiger charge is -2.23. The van der Waals surface area contributed by atoms with Crippen molar-refractivity contribution < 1.29 is 4.79 Å². The van der Waals surface area contributed by atoms with Crippen molar-refractivity contribution in [2.24, 2.45) is 0 Å². The highest BCUT2D eigenvalue weighted by molar-refractivity contribution is 9.10. The van der Waals surface area contributed by atoms with Gasteiger partial charge in [0, 0.05) is 10.5 Å². The Morgan fingerprint density at radius 3 is 2.72 bits per heavy atom. The SMILES string of the molecule is Cl.O=C(NC1CCNCC1)c1cccc(Br)c1Cl. The van der Waals surface area contributed by atoms with E-state index in [0.717, 1.165) is 30.4 Å². The normalized spacial score (nSPS) is 15.9. The van der Waals surface area contributed by atoms with Crippen LogP contribution in [0.1, 0.15) is 23.2 Å². The first kappa shape index (κ1) is 15.8. The van der Waals surface area contributed by atoms with E-state index in [2.05, 4.69) is 26.6 Å². The van der Waals surface area contributed by atoms with Gasteiger partial charge in [-0.1, -0.05) is 17.7 Å². The molecular weight excluding hydrogens is 339 g/mol. The van der Waals surface area contributed by atoms with Gasteiger partial charge in [0.15, 0.2) is 0 Å². The molecule has 1 saturated heterocycles. The maximum Gasteiger partial charge on any atom is 0.253 e. The van der Waals surface area contributed by atoms with Crippen LogP contribution in [0.5, 0.6) is 0 Å². The van der Waals surface area contributed by atoms with Gasteiger partial charge in [0.05, 0.1) is 10.6 Å². The van der Waals surface area contributed by atoms with Crippen LogP contribution in [0.15, 0.2) is 22.7 Å². The number of benzene rings is 1. The van der Waals surface area contributed by atoms with Gasteiger partial charge in [-0.3, -0.25) is 4.79 Å². The summed E-state index contributed by atoms with van der Waals surface area (Å²) in [5.41, 5.74) is 0.527. The minimum Gasteiger partial charge on any atom is -0.349 e. The number of carbonyl (C=O) groups excluding carboxylic acids is 1. The number of nitrogens with one attached hydrogen (secondary N) is 2. The lowest BCUT2D eigenvalue weighted by molar-refractivity contribution is 0.0929. The Kier molecular flexibility index (Phi) is 6.43. The van der Waals surface area contributed by atoms with Gasteiger partial charge in [-0.2, -0.15) is 0 Å². The van der Waals surface area contributed by atoms with Crippen molar-refractivity contribution in [2.75, 3.05) is 13.1 Å². The summed E-state index contributed by atoms with van der Waals surface area (Å²) >= 11 is 9.40. The van der Waals surface area contributed by atoms with Crippen molar-refractivity contribution in [1.29, 1.82) is 0 Å². The van der Waals surface area contributed by atoms with Gasteiger partial charge in [-0.15, -0.1) is 12.4 Å². The molecule has 1 amide bonds. The maximum absolute atomic E-state index is 12.0. The zero-order valence-electron chi connectivity index (χ0n) is 9.71. The number of hydrogen-bond donors (Lipinski definition) is 2. The summed E-state index contributed by atoms with van der Waals surface area (Å²) in [5.74, 6) is -0.0943. The van der Waals surface area contributed by atoms with E-state index in [0.29, 0.717) is 10.6 Å². The quantitative estimate of drug-likeness (QED) is 0.858. The Morgan fingerprint density at radius 1 is 1.39 bits per heavy atom. The van der Waals surface area contributed by atoms with Gasteiger partial charge in [0.25, 0.3) is 5.91 Å². The molecule has 100 valence electrons. The molecule has 0 aliphatic carbocycles. The van der Waals surface area contributed by atoms with E-state index in [9.17, 15) is 4.79 Å². The molecule has 0 atom stereocenters. The predicted molar refractivity (Wildman–Crippen MR) is 79.8 cm³/mol. The standard InChI is InChI=1S/C12H14BrClN2O.ClH/c13-10-3-1-2-9(11(10)14)12(17)16-8-4-6-15-7-5-8;/h1-3,8,15H,4-7H2,(H,16,17);1H. The van der Waals surface area contributed by atoms with Crippen LogP contribution in [0.3, 0.4) is 0 Å². The molecule has 1 aliphatic heterocycles. The summed E-state index contributed by atoms with van der Waals surface area (Å²) in [6.07, 6.45) is 1.94. The fourth-order valence-electron chi connectivity index (χ4n) is 1.91. The molecule has 0 spiro atoms. The van der Waals surface area contributed by atoms with E-state index in [4.69, 9.17) is 11.6 Å². The molecular formula is C12H15BrCl2N2O. The largest absolute Gasteiger partial charge is 0.349 e. The molecule has 0 saturated carbocycles. The van der Waals surface area contributed by atoms with Crippen LogP contribution in [0.2, 0.25) is 5.02 Å². The van der Waals surface area contributed by atoms with Crippen LogP contribution >= 0.6 is 39.9 Å². The van der Waals surface area contributed by atoms with Gasteiger partial charge in [-0.25, -0.2) is 0 Å². The molecule has 18 heavy (non-hydrogen) atoms. The molecule has 1 aliphatic rings. The fourth-order valence-corrected chi connectivity index (χ4v) is 2.49. The average Bonchev–Trinajstić information content (AvgIpc) is 2.34. The van der Waals surface area contributed by atoms with Gasteiger partial charge >= 0.3 is 0 Å². The van der Waals surface area contributed by atoms with Crippen LogP contribution in [0.25, 0.3) is 0 Å². The highest BCUT2D eigenvalue weighted by atomic mass is 79.9. The van der Waals surface area contributed by atoms with E-state index in [1.165, 1.54) is 0 Å². The molecule has 1 aromatic rings. The van der Waals surface area contributed by atoms with Gasteiger partial charge in [0.2, 0.25) is 0 Å². The Hall–Kier alpha value is -0.290. The second kappa shape index (κ2) is 7.34. The number of carbonyl (C=O) groups is 1. The van der Waals surface area contributed by atoms with E-state index in [1.807, 2.05) is 12.1 Å². The summed E-state index contributed by atoms with van der Waals surface area (Å²) < 4.78 is 0.747. The lowest BCUT2D eigenvalue weighted by atomic mass is 10.1. The van der Waals surface area contributed by atoms with Gasteiger partial charge in [0.1, 0.15) is 0 Å². The van der Waals surface area contributed by atoms with Crippen LogP contribution in [0, 0.1) is 0 Å². The zero-order chi connectivity index (χ0) is 12.3. The minimum atomic E-state index is -0.0943. The van der Waals surface area contributed by atoms with Crippen LogP contribution < -0.4 is 10.6 Å². The first-order chi connectivity index (χ1) is 8.18. The number of rotatable bonds is 2. The van der Waals surface area contributed by atoms with E-state index in [-0.39, 0.29) is 24.4 Å². The highest BCUT2D eigenvalue weighted by Gasteiger charge is 2.18. The molecule has 1 fully saturated rings. The van der Waals surface area contributed by atoms with Gasteiger partial charge < -0.3 is 10.6 Å². The third-order valence-electron chi connectivity index (χ3n) is 2.87. The molecule has 2 N–H and O–H groups in total. The molecule has 0 radical (unpaired) electrons. The summed E-state index contributed by atoms with van der Waals surface area (Å²) in [5, 5.41) is 6.75. The molecule has 1 aromatic carbocycles. The Morgan fingerprint density at radius 2 is 2.06 bits per heavy atom. The number of amides is 1. The first-order valence-corrected chi connectivity index (χ1v) is 6.81. The van der Waals surface area contributed by atoms with Gasteiger partial charge in [-0.05, 0) is 54.0 Å². The molecule has 1 heterocycles. The summed E-state index contributed by atoms with van der Waals surface area (Å²) in [6.45, 7) is 1.91. The second-order valence-electron chi connectivity index (χ2n) is 4.10. The van der Waals surface area contributed by atoms with Crippen LogP contribution in [0.4, 0.5) is 0 Å². The molecule has 3 nitrogen and oxygen atoms in total. The Labute approximate surface area is 126 Å². The lowest BCUT2D eigenvalue weighted by Crippen LogP contribution is -2.42. The number of halogens is 3. The van der Waals surface area contributed by atoms with Crippen molar-refractivity contribution in [3.63, 3.8) is 0 Å². The van der Waals surface area contributed by atoms with Crippen molar-refractivity contribution >= 4 is 45.8 Å². The van der Waals surface area contributed by atoms with Crippen molar-refractivity contribution in [3.8, 4) is 0 Å². The van der Waals surface area contributed by atoms with E-state index >= 15 is 0 Å². The summed E-state index contributed by atoms with van der Waals surface area (Å²) in [6, 6.07) is 5.62. The van der Waals surface area contributed by atoms with Crippen molar-refractivity contribution in [1.82, 2.24) is 10.6 Å². The minimum absolute atomic E-state index is 0. The zero-order valence-corrected chi connectivity index (χ0v) is 12.9. The van der Waals surface area contributed by atoms with E-state index < -0.39 is 0 Å². The Bertz CT molecular complexity index is 423. The monoisotopic (exact) mass is 352 g/mol. The van der Waals surface area contributed by atoms with Crippen molar-refractivity contribution in [2.45, 2.75) is 18.9 Å². The maximum atomic E-state index is 12.0. The molecule has 6 heteroatoms. The topological polar surface area (TPSA) is 41.1 Å². The smallest absolute Gasteiger partial charge is 0.253 e.